The lowest BCUT2D eigenvalue weighted by Gasteiger charge is -2.06. The van der Waals surface area contributed by atoms with Gasteiger partial charge in [0.05, 0.1) is 11.7 Å². The van der Waals surface area contributed by atoms with Crippen LogP contribution in [0.15, 0.2) is 61.1 Å². The number of amides is 1. The van der Waals surface area contributed by atoms with E-state index in [4.69, 9.17) is 5.21 Å². The number of hydroxylamine groups is 1. The van der Waals surface area contributed by atoms with E-state index < -0.39 is 5.91 Å². The Morgan fingerprint density at radius 1 is 1.23 bits per heavy atom. The Labute approximate surface area is 127 Å². The van der Waals surface area contributed by atoms with Crippen LogP contribution in [-0.2, 0) is 11.3 Å². The van der Waals surface area contributed by atoms with E-state index in [-0.39, 0.29) is 0 Å². The van der Waals surface area contributed by atoms with E-state index in [1.54, 1.807) is 17.8 Å². The van der Waals surface area contributed by atoms with Gasteiger partial charge in [0.1, 0.15) is 0 Å². The average Bonchev–Trinajstić information content (AvgIpc) is 2.97. The molecule has 0 atom stereocenters. The summed E-state index contributed by atoms with van der Waals surface area (Å²) in [4.78, 5) is 15.1. The van der Waals surface area contributed by atoms with Crippen LogP contribution in [0.4, 0.5) is 0 Å². The van der Waals surface area contributed by atoms with Crippen LogP contribution < -0.4 is 5.48 Å². The lowest BCUT2D eigenvalue weighted by atomic mass is 10.1. The summed E-state index contributed by atoms with van der Waals surface area (Å²) in [7, 11) is 0. The topological polar surface area (TPSA) is 67.2 Å². The number of rotatable bonds is 4. The van der Waals surface area contributed by atoms with Crippen LogP contribution in [0.3, 0.4) is 0 Å². The van der Waals surface area contributed by atoms with Crippen molar-refractivity contribution in [2.75, 3.05) is 0 Å². The Bertz CT molecular complexity index is 819. The minimum atomic E-state index is -0.546. The van der Waals surface area contributed by atoms with Gasteiger partial charge in [-0.15, -0.1) is 0 Å². The normalized spacial score (nSPS) is 11.1. The Hall–Kier alpha value is -2.92. The molecule has 0 bridgehead atoms. The summed E-state index contributed by atoms with van der Waals surface area (Å²) in [6.07, 6.45) is 8.62. The van der Waals surface area contributed by atoms with E-state index in [9.17, 15) is 4.79 Å². The molecule has 110 valence electrons. The van der Waals surface area contributed by atoms with Gasteiger partial charge in [0.2, 0.25) is 0 Å². The molecule has 1 amide bonds. The Balaban J connectivity index is 1.76. The Morgan fingerprint density at radius 2 is 2.05 bits per heavy atom. The predicted molar refractivity (Wildman–Crippen MR) is 84.2 cm³/mol. The molecule has 5 nitrogen and oxygen atoms in total. The van der Waals surface area contributed by atoms with Crippen molar-refractivity contribution in [1.82, 2.24) is 15.0 Å². The van der Waals surface area contributed by atoms with Crippen LogP contribution in [0, 0.1) is 0 Å². The lowest BCUT2D eigenvalue weighted by Crippen LogP contribution is -2.14. The van der Waals surface area contributed by atoms with Crippen molar-refractivity contribution in [3.63, 3.8) is 0 Å². The first kappa shape index (κ1) is 14.0. The van der Waals surface area contributed by atoms with Crippen LogP contribution in [-0.4, -0.2) is 20.7 Å². The summed E-state index contributed by atoms with van der Waals surface area (Å²) < 4.78 is 2.15. The van der Waals surface area contributed by atoms with Gasteiger partial charge in [-0.1, -0.05) is 24.3 Å². The van der Waals surface area contributed by atoms with Crippen LogP contribution in [0.25, 0.3) is 17.0 Å². The van der Waals surface area contributed by atoms with E-state index >= 15 is 0 Å². The summed E-state index contributed by atoms with van der Waals surface area (Å²) in [5.74, 6) is -0.546. The summed E-state index contributed by atoms with van der Waals surface area (Å²) in [5.41, 5.74) is 4.71. The molecular weight excluding hydrogens is 278 g/mol. The molecule has 2 N–H and O–H groups in total. The molecule has 0 spiro atoms. The zero-order valence-corrected chi connectivity index (χ0v) is 11.8. The van der Waals surface area contributed by atoms with Crippen molar-refractivity contribution in [2.24, 2.45) is 0 Å². The van der Waals surface area contributed by atoms with Crippen molar-refractivity contribution in [3.8, 4) is 0 Å². The van der Waals surface area contributed by atoms with Crippen molar-refractivity contribution >= 4 is 22.9 Å². The smallest absolute Gasteiger partial charge is 0.267 e. The lowest BCUT2D eigenvalue weighted by molar-refractivity contribution is -0.124. The van der Waals surface area contributed by atoms with E-state index in [0.717, 1.165) is 23.2 Å². The fourth-order valence-corrected chi connectivity index (χ4v) is 2.31. The average molecular weight is 293 g/mol. The first-order chi connectivity index (χ1) is 10.8. The number of aromatic nitrogens is 2. The maximum atomic E-state index is 10.9. The highest BCUT2D eigenvalue weighted by atomic mass is 16.5. The monoisotopic (exact) mass is 293 g/mol. The third-order valence-electron chi connectivity index (χ3n) is 3.45. The number of nitrogens with zero attached hydrogens (tertiary/aromatic N) is 2. The summed E-state index contributed by atoms with van der Waals surface area (Å²) >= 11 is 0. The van der Waals surface area contributed by atoms with E-state index in [1.165, 1.54) is 11.5 Å². The number of hydrogen-bond acceptors (Lipinski definition) is 3. The molecule has 2 aromatic heterocycles. The van der Waals surface area contributed by atoms with Gasteiger partial charge < -0.3 is 4.57 Å². The van der Waals surface area contributed by atoms with Crippen molar-refractivity contribution in [2.45, 2.75) is 6.54 Å². The van der Waals surface area contributed by atoms with Gasteiger partial charge in [-0.25, -0.2) is 5.48 Å². The van der Waals surface area contributed by atoms with Crippen LogP contribution in [0.2, 0.25) is 0 Å². The zero-order chi connectivity index (χ0) is 15.4. The molecule has 2 heterocycles. The first-order valence-electron chi connectivity index (χ1n) is 6.86. The number of carbonyl (C=O) groups excluding carboxylic acids is 1. The maximum absolute atomic E-state index is 10.9. The molecule has 3 aromatic rings. The molecule has 0 unspecified atom stereocenters. The fourth-order valence-electron chi connectivity index (χ4n) is 2.31. The van der Waals surface area contributed by atoms with Crippen molar-refractivity contribution in [1.29, 1.82) is 0 Å². The van der Waals surface area contributed by atoms with E-state index in [2.05, 4.69) is 15.6 Å². The number of benzene rings is 1. The molecule has 5 heteroatoms. The summed E-state index contributed by atoms with van der Waals surface area (Å²) in [6.45, 7) is 0.760. The highest BCUT2D eigenvalue weighted by molar-refractivity contribution is 5.90. The quantitative estimate of drug-likeness (QED) is 0.441. The summed E-state index contributed by atoms with van der Waals surface area (Å²) in [5, 5.41) is 9.60. The van der Waals surface area contributed by atoms with Gasteiger partial charge in [-0.2, -0.15) is 0 Å². The minimum Gasteiger partial charge on any atom is -0.342 e. The van der Waals surface area contributed by atoms with Gasteiger partial charge in [-0.05, 0) is 29.3 Å². The second-order valence-corrected chi connectivity index (χ2v) is 4.93. The van der Waals surface area contributed by atoms with Crippen molar-refractivity contribution in [3.05, 3.63) is 72.2 Å². The van der Waals surface area contributed by atoms with Crippen LogP contribution >= 0.6 is 0 Å². The molecule has 0 aliphatic carbocycles. The molecule has 0 aliphatic rings. The fraction of sp³-hybridized carbons (Fsp3) is 0.0588. The van der Waals surface area contributed by atoms with E-state index in [0.29, 0.717) is 0 Å². The molecular formula is C17H15N3O2. The molecule has 0 saturated carbocycles. The SMILES string of the molecule is O=C(/C=C/c1ccc(Cn2ccc3ccncc32)cc1)NO. The van der Waals surface area contributed by atoms with Crippen LogP contribution in [0.5, 0.6) is 0 Å². The molecule has 0 radical (unpaired) electrons. The van der Waals surface area contributed by atoms with Gasteiger partial charge in [-0.3, -0.25) is 15.0 Å². The van der Waals surface area contributed by atoms with Gasteiger partial charge in [0.15, 0.2) is 0 Å². The number of hydrogen-bond donors (Lipinski definition) is 2. The highest BCUT2D eigenvalue weighted by Gasteiger charge is 2.01. The van der Waals surface area contributed by atoms with Gasteiger partial charge >= 0.3 is 0 Å². The number of fused-ring (bicyclic) bond motifs is 1. The minimum absolute atomic E-state index is 0.546. The van der Waals surface area contributed by atoms with Crippen LogP contribution in [0.1, 0.15) is 11.1 Å². The zero-order valence-electron chi connectivity index (χ0n) is 11.8. The van der Waals surface area contributed by atoms with Gasteiger partial charge in [0.25, 0.3) is 5.91 Å². The number of pyridine rings is 1. The number of nitrogens with one attached hydrogen (secondary N) is 1. The molecule has 0 aliphatic heterocycles. The second-order valence-electron chi connectivity index (χ2n) is 4.93. The van der Waals surface area contributed by atoms with Crippen molar-refractivity contribution < 1.29 is 10.0 Å². The standard InChI is InChI=1S/C17H15N3O2/c21-17(19-22)6-5-13-1-3-14(4-2-13)12-20-10-8-15-7-9-18-11-16(15)20/h1-11,22H,12H2,(H,19,21)/b6-5+. The predicted octanol–water partition coefficient (Wildman–Crippen LogP) is 2.60. The molecule has 3 rings (SSSR count). The highest BCUT2D eigenvalue weighted by Crippen LogP contribution is 2.16. The molecule has 0 fully saturated rings. The van der Waals surface area contributed by atoms with Gasteiger partial charge in [0, 0.05) is 30.4 Å². The second kappa shape index (κ2) is 6.24. The Kier molecular flexibility index (Phi) is 3.98. The third-order valence-corrected chi connectivity index (χ3v) is 3.45. The molecule has 1 aromatic carbocycles. The maximum Gasteiger partial charge on any atom is 0.267 e. The number of carbonyl (C=O) groups is 1. The largest absolute Gasteiger partial charge is 0.342 e. The third kappa shape index (κ3) is 3.05. The molecule has 0 saturated heterocycles. The Morgan fingerprint density at radius 3 is 2.82 bits per heavy atom. The first-order valence-corrected chi connectivity index (χ1v) is 6.86. The molecule has 22 heavy (non-hydrogen) atoms. The van der Waals surface area contributed by atoms with E-state index in [1.807, 2.05) is 42.7 Å². The summed E-state index contributed by atoms with van der Waals surface area (Å²) in [6, 6.07) is 12.0.